The number of benzene rings is 1. The molecule has 1 aromatic carbocycles. The van der Waals surface area contributed by atoms with E-state index in [1.807, 2.05) is 12.1 Å². The zero-order valence-corrected chi connectivity index (χ0v) is 20.8. The van der Waals surface area contributed by atoms with Crippen LogP contribution in [0.4, 0.5) is 0 Å². The first-order chi connectivity index (χ1) is 15.9. The molecule has 0 bridgehead atoms. The molecule has 1 heterocycles. The minimum Gasteiger partial charge on any atom is -0.497 e. The maximum absolute atomic E-state index is 10.6. The molecule has 0 aliphatic heterocycles. The van der Waals surface area contributed by atoms with Gasteiger partial charge in [0.2, 0.25) is 0 Å². The van der Waals surface area contributed by atoms with Crippen LogP contribution in [-0.4, -0.2) is 35.1 Å². The SMILES string of the molecule is COc1ccc(-n2ncc3c2C[C@H](CO)[C@@](C)([C@H]2CC[C@]4(C)[C@@H](C)CC[C@H]4[C@@H]2CN)C3)cc1. The molecule has 2 fully saturated rings. The summed E-state index contributed by atoms with van der Waals surface area (Å²) in [5.74, 6) is 3.68. The van der Waals surface area contributed by atoms with Crippen molar-refractivity contribution < 1.29 is 9.84 Å². The van der Waals surface area contributed by atoms with Gasteiger partial charge in [0, 0.05) is 12.3 Å². The van der Waals surface area contributed by atoms with Gasteiger partial charge in [-0.05, 0) is 115 Å². The molecule has 180 valence electrons. The normalized spacial score (nSPS) is 38.1. The highest BCUT2D eigenvalue weighted by molar-refractivity contribution is 5.40. The fraction of sp³-hybridized carbons (Fsp3) is 0.679. The summed E-state index contributed by atoms with van der Waals surface area (Å²) in [4.78, 5) is 0. The third-order valence-corrected chi connectivity index (χ3v) is 10.5. The molecule has 1 aromatic heterocycles. The Morgan fingerprint density at radius 2 is 1.85 bits per heavy atom. The number of hydrogen-bond donors (Lipinski definition) is 2. The van der Waals surface area contributed by atoms with Gasteiger partial charge < -0.3 is 15.6 Å². The number of aliphatic hydroxyl groups is 1. The maximum Gasteiger partial charge on any atom is 0.119 e. The Kier molecular flexibility index (Phi) is 5.85. The van der Waals surface area contributed by atoms with Crippen LogP contribution in [0.25, 0.3) is 5.69 Å². The summed E-state index contributed by atoms with van der Waals surface area (Å²) in [6.45, 7) is 8.40. The Bertz CT molecular complexity index is 986. The quantitative estimate of drug-likeness (QED) is 0.695. The van der Waals surface area contributed by atoms with Crippen LogP contribution in [0.15, 0.2) is 30.5 Å². The van der Waals surface area contributed by atoms with Crippen LogP contribution in [0.2, 0.25) is 0 Å². The molecule has 0 radical (unpaired) electrons. The summed E-state index contributed by atoms with van der Waals surface area (Å²) < 4.78 is 7.38. The Balaban J connectivity index is 1.47. The topological polar surface area (TPSA) is 73.3 Å². The van der Waals surface area contributed by atoms with Gasteiger partial charge in [-0.25, -0.2) is 4.68 Å². The van der Waals surface area contributed by atoms with Gasteiger partial charge in [-0.3, -0.25) is 0 Å². The highest BCUT2D eigenvalue weighted by atomic mass is 16.5. The van der Waals surface area contributed by atoms with E-state index in [9.17, 15) is 5.11 Å². The monoisotopic (exact) mass is 451 g/mol. The van der Waals surface area contributed by atoms with Gasteiger partial charge in [0.1, 0.15) is 5.75 Å². The van der Waals surface area contributed by atoms with E-state index < -0.39 is 0 Å². The Labute approximate surface area is 198 Å². The lowest BCUT2D eigenvalue weighted by Crippen LogP contribution is -2.53. The van der Waals surface area contributed by atoms with E-state index in [4.69, 9.17) is 15.6 Å². The predicted molar refractivity (Wildman–Crippen MR) is 131 cm³/mol. The predicted octanol–water partition coefficient (Wildman–Crippen LogP) is 4.63. The van der Waals surface area contributed by atoms with E-state index >= 15 is 0 Å². The van der Waals surface area contributed by atoms with E-state index in [-0.39, 0.29) is 17.9 Å². The van der Waals surface area contributed by atoms with Crippen LogP contribution in [0.1, 0.15) is 57.7 Å². The zero-order chi connectivity index (χ0) is 23.4. The standard InChI is InChI=1S/C28H41N3O2/c1-18-5-10-24-23(15-29)25(11-12-27(18,24)2)28(3)14-19-16-30-31(26(19)13-20(28)17-32)21-6-8-22(33-4)9-7-21/h6-9,16,18,20,23-25,32H,5,10-15,17,29H2,1-4H3/t18-,20+,23-,24-,25-,27+,28-/m0/s1. The number of rotatable bonds is 5. The smallest absolute Gasteiger partial charge is 0.119 e. The first-order valence-corrected chi connectivity index (χ1v) is 12.9. The molecule has 7 atom stereocenters. The Morgan fingerprint density at radius 1 is 1.12 bits per heavy atom. The van der Waals surface area contributed by atoms with Gasteiger partial charge in [-0.2, -0.15) is 5.10 Å². The number of nitrogens with two attached hydrogens (primary N) is 1. The Morgan fingerprint density at radius 3 is 2.52 bits per heavy atom. The van der Waals surface area contributed by atoms with Crippen molar-refractivity contribution in [1.29, 1.82) is 0 Å². The lowest BCUT2D eigenvalue weighted by molar-refractivity contribution is -0.0691. The fourth-order valence-electron chi connectivity index (χ4n) is 8.14. The average Bonchev–Trinajstić information content (AvgIpc) is 3.37. The lowest BCUT2D eigenvalue weighted by atomic mass is 9.49. The summed E-state index contributed by atoms with van der Waals surface area (Å²) in [5.41, 5.74) is 10.6. The molecular formula is C28H41N3O2. The van der Waals surface area contributed by atoms with Crippen molar-refractivity contribution in [1.82, 2.24) is 9.78 Å². The first-order valence-electron chi connectivity index (χ1n) is 12.9. The molecule has 0 saturated heterocycles. The van der Waals surface area contributed by atoms with Crippen molar-refractivity contribution in [3.63, 3.8) is 0 Å². The molecule has 5 heteroatoms. The summed E-state index contributed by atoms with van der Waals surface area (Å²) in [5, 5.41) is 15.4. The minimum absolute atomic E-state index is 0.0483. The molecule has 3 aliphatic rings. The van der Waals surface area contributed by atoms with E-state index in [0.717, 1.165) is 42.7 Å². The van der Waals surface area contributed by atoms with Crippen LogP contribution < -0.4 is 10.5 Å². The maximum atomic E-state index is 10.6. The van der Waals surface area contributed by atoms with Gasteiger partial charge in [0.25, 0.3) is 0 Å². The van der Waals surface area contributed by atoms with Gasteiger partial charge in [-0.15, -0.1) is 0 Å². The molecule has 2 aromatic rings. The molecule has 0 spiro atoms. The highest BCUT2D eigenvalue weighted by Gasteiger charge is 2.57. The van der Waals surface area contributed by atoms with Crippen molar-refractivity contribution >= 4 is 0 Å². The molecule has 0 unspecified atom stereocenters. The minimum atomic E-state index is 0.0483. The second-order valence-electron chi connectivity index (χ2n) is 11.6. The van der Waals surface area contributed by atoms with Crippen LogP contribution in [0.3, 0.4) is 0 Å². The number of nitrogens with zero attached hydrogens (tertiary/aromatic N) is 2. The van der Waals surface area contributed by atoms with Crippen molar-refractivity contribution in [2.24, 2.45) is 46.2 Å². The number of aromatic nitrogens is 2. The van der Waals surface area contributed by atoms with E-state index in [0.29, 0.717) is 17.3 Å². The van der Waals surface area contributed by atoms with Crippen molar-refractivity contribution in [3.05, 3.63) is 41.7 Å². The van der Waals surface area contributed by atoms with Crippen LogP contribution in [-0.2, 0) is 12.8 Å². The average molecular weight is 452 g/mol. The van der Waals surface area contributed by atoms with Gasteiger partial charge >= 0.3 is 0 Å². The second kappa shape index (κ2) is 8.42. The summed E-state index contributed by atoms with van der Waals surface area (Å²) in [6, 6.07) is 8.07. The Hall–Kier alpha value is -1.85. The zero-order valence-electron chi connectivity index (χ0n) is 20.8. The first kappa shape index (κ1) is 22.9. The highest BCUT2D eigenvalue weighted by Crippen LogP contribution is 2.63. The van der Waals surface area contributed by atoms with E-state index in [1.165, 1.54) is 36.9 Å². The number of methoxy groups -OCH3 is 1. The van der Waals surface area contributed by atoms with E-state index in [1.54, 1.807) is 7.11 Å². The largest absolute Gasteiger partial charge is 0.497 e. The second-order valence-corrected chi connectivity index (χ2v) is 11.6. The number of aliphatic hydroxyl groups excluding tert-OH is 1. The number of fused-ring (bicyclic) bond motifs is 2. The third-order valence-electron chi connectivity index (χ3n) is 10.5. The van der Waals surface area contributed by atoms with Crippen LogP contribution >= 0.6 is 0 Å². The molecule has 5 rings (SSSR count). The van der Waals surface area contributed by atoms with Crippen molar-refractivity contribution in [2.45, 2.75) is 59.3 Å². The van der Waals surface area contributed by atoms with Gasteiger partial charge in [-0.1, -0.05) is 20.8 Å². The van der Waals surface area contributed by atoms with E-state index in [2.05, 4.69) is 43.8 Å². The van der Waals surface area contributed by atoms with Gasteiger partial charge in [0.15, 0.2) is 0 Å². The molecule has 5 nitrogen and oxygen atoms in total. The molecule has 33 heavy (non-hydrogen) atoms. The molecule has 2 saturated carbocycles. The molecule has 3 aliphatic carbocycles. The van der Waals surface area contributed by atoms with Gasteiger partial charge in [0.05, 0.1) is 19.0 Å². The summed E-state index contributed by atoms with van der Waals surface area (Å²) >= 11 is 0. The summed E-state index contributed by atoms with van der Waals surface area (Å²) in [7, 11) is 1.69. The number of ether oxygens (including phenoxy) is 1. The molecular weight excluding hydrogens is 410 g/mol. The lowest BCUT2D eigenvalue weighted by Gasteiger charge is -2.56. The fourth-order valence-corrected chi connectivity index (χ4v) is 8.14. The van der Waals surface area contributed by atoms with Crippen molar-refractivity contribution in [3.8, 4) is 11.4 Å². The number of hydrogen-bond acceptors (Lipinski definition) is 4. The molecule has 0 amide bonds. The van der Waals surface area contributed by atoms with Crippen LogP contribution in [0.5, 0.6) is 5.75 Å². The summed E-state index contributed by atoms with van der Waals surface area (Å²) in [6.07, 6.45) is 9.08. The molecule has 3 N–H and O–H groups in total. The van der Waals surface area contributed by atoms with Crippen LogP contribution in [0, 0.1) is 40.4 Å². The third kappa shape index (κ3) is 3.46. The van der Waals surface area contributed by atoms with Crippen molar-refractivity contribution in [2.75, 3.05) is 20.3 Å².